The molecular formula is C23H28N4O2. The van der Waals surface area contributed by atoms with Gasteiger partial charge in [-0.1, -0.05) is 42.5 Å². The molecule has 2 aromatic rings. The molecule has 1 N–H and O–H groups in total. The third kappa shape index (κ3) is 4.66. The lowest BCUT2D eigenvalue weighted by molar-refractivity contribution is -0.120. The molecule has 1 fully saturated rings. The van der Waals surface area contributed by atoms with Crippen LogP contribution in [0.5, 0.6) is 0 Å². The normalized spacial score (nSPS) is 20.7. The number of amides is 2. The molecule has 0 radical (unpaired) electrons. The van der Waals surface area contributed by atoms with E-state index in [1.54, 1.807) is 4.90 Å². The summed E-state index contributed by atoms with van der Waals surface area (Å²) in [4.78, 5) is 31.8. The van der Waals surface area contributed by atoms with Gasteiger partial charge in [0.15, 0.2) is 0 Å². The van der Waals surface area contributed by atoms with E-state index in [1.165, 1.54) is 5.56 Å². The van der Waals surface area contributed by atoms with Crippen molar-refractivity contribution in [1.82, 2.24) is 9.80 Å². The second kappa shape index (κ2) is 8.76. The molecular weight excluding hydrogens is 364 g/mol. The Morgan fingerprint density at radius 2 is 1.62 bits per heavy atom. The minimum absolute atomic E-state index is 0.0465. The first-order chi connectivity index (χ1) is 14.1. The number of carbonyl (C=O) groups is 2. The highest BCUT2D eigenvalue weighted by molar-refractivity contribution is 6.04. The van der Waals surface area contributed by atoms with Gasteiger partial charge in [0.25, 0.3) is 0 Å². The molecule has 6 nitrogen and oxygen atoms in total. The summed E-state index contributed by atoms with van der Waals surface area (Å²) < 4.78 is 0. The Balaban J connectivity index is 1.38. The highest BCUT2D eigenvalue weighted by Crippen LogP contribution is 2.31. The van der Waals surface area contributed by atoms with Gasteiger partial charge >= 0.3 is 0 Å². The minimum Gasteiger partial charge on any atom is -0.324 e. The Morgan fingerprint density at radius 1 is 0.966 bits per heavy atom. The maximum atomic E-state index is 13.2. The second-order valence-corrected chi connectivity index (χ2v) is 7.92. The summed E-state index contributed by atoms with van der Waals surface area (Å²) in [7, 11) is 0. The Morgan fingerprint density at radius 3 is 2.38 bits per heavy atom. The molecule has 2 aliphatic rings. The fraction of sp³-hybridized carbons (Fsp3) is 0.391. The maximum Gasteiger partial charge on any atom is 0.241 e. The van der Waals surface area contributed by atoms with Gasteiger partial charge in [-0.15, -0.1) is 0 Å². The summed E-state index contributed by atoms with van der Waals surface area (Å²) in [5, 5.41) is 2.92. The standard InChI is InChI=1S/C23H28N4O2/c1-18-15-22(28)24-20-9-5-6-10-21(20)27(18)23(29)17-26-13-11-25(12-14-26)16-19-7-3-2-4-8-19/h2-10,18H,11-17H2,1H3,(H,24,28). The lowest BCUT2D eigenvalue weighted by Gasteiger charge is -2.36. The topological polar surface area (TPSA) is 55.9 Å². The van der Waals surface area contributed by atoms with E-state index in [4.69, 9.17) is 0 Å². The molecule has 2 aromatic carbocycles. The quantitative estimate of drug-likeness (QED) is 0.869. The second-order valence-electron chi connectivity index (χ2n) is 7.92. The zero-order valence-electron chi connectivity index (χ0n) is 16.9. The van der Waals surface area contributed by atoms with Crippen molar-refractivity contribution in [2.24, 2.45) is 0 Å². The summed E-state index contributed by atoms with van der Waals surface area (Å²) in [5.41, 5.74) is 2.82. The number of fused-ring (bicyclic) bond motifs is 1. The largest absolute Gasteiger partial charge is 0.324 e. The summed E-state index contributed by atoms with van der Waals surface area (Å²) in [5.74, 6) is 0.00716. The smallest absolute Gasteiger partial charge is 0.241 e. The van der Waals surface area contributed by atoms with Crippen LogP contribution >= 0.6 is 0 Å². The molecule has 0 aliphatic carbocycles. The van der Waals surface area contributed by atoms with Gasteiger partial charge in [0, 0.05) is 45.2 Å². The molecule has 0 bridgehead atoms. The summed E-state index contributed by atoms with van der Waals surface area (Å²) in [6.07, 6.45) is 0.311. The van der Waals surface area contributed by atoms with Crippen LogP contribution in [0.4, 0.5) is 11.4 Å². The zero-order valence-corrected chi connectivity index (χ0v) is 16.9. The van der Waals surface area contributed by atoms with E-state index < -0.39 is 0 Å². The van der Waals surface area contributed by atoms with Crippen LogP contribution in [0.15, 0.2) is 54.6 Å². The van der Waals surface area contributed by atoms with Gasteiger partial charge < -0.3 is 10.2 Å². The van der Waals surface area contributed by atoms with Gasteiger partial charge in [0.1, 0.15) is 0 Å². The Hall–Kier alpha value is -2.70. The lowest BCUT2D eigenvalue weighted by Crippen LogP contribution is -2.51. The van der Waals surface area contributed by atoms with Gasteiger partial charge in [-0.25, -0.2) is 0 Å². The Bertz CT molecular complexity index is 862. The van der Waals surface area contributed by atoms with Crippen LogP contribution in [0.25, 0.3) is 0 Å². The van der Waals surface area contributed by atoms with E-state index in [9.17, 15) is 9.59 Å². The maximum absolute atomic E-state index is 13.2. The van der Waals surface area contributed by atoms with Crippen LogP contribution in [0, 0.1) is 0 Å². The molecule has 6 heteroatoms. The van der Waals surface area contributed by atoms with Crippen LogP contribution in [0.1, 0.15) is 18.9 Å². The fourth-order valence-electron chi connectivity index (χ4n) is 4.18. The van der Waals surface area contributed by atoms with Gasteiger partial charge in [-0.2, -0.15) is 0 Å². The number of hydrogen-bond acceptors (Lipinski definition) is 4. The van der Waals surface area contributed by atoms with Gasteiger partial charge in [0.2, 0.25) is 11.8 Å². The van der Waals surface area contributed by atoms with Crippen molar-refractivity contribution in [3.63, 3.8) is 0 Å². The fourth-order valence-corrected chi connectivity index (χ4v) is 4.18. The Labute approximate surface area is 172 Å². The predicted molar refractivity (Wildman–Crippen MR) is 115 cm³/mol. The van der Waals surface area contributed by atoms with E-state index in [-0.39, 0.29) is 17.9 Å². The zero-order chi connectivity index (χ0) is 20.2. The van der Waals surface area contributed by atoms with E-state index in [2.05, 4.69) is 39.4 Å². The number of piperazine rings is 1. The van der Waals surface area contributed by atoms with E-state index >= 15 is 0 Å². The summed E-state index contributed by atoms with van der Waals surface area (Å²) >= 11 is 0. The average molecular weight is 393 g/mol. The number of para-hydroxylation sites is 2. The van der Waals surface area contributed by atoms with Crippen LogP contribution in [0.2, 0.25) is 0 Å². The molecule has 2 amide bonds. The third-order valence-electron chi connectivity index (χ3n) is 5.70. The molecule has 4 rings (SSSR count). The minimum atomic E-state index is -0.162. The van der Waals surface area contributed by atoms with Crippen molar-refractivity contribution < 1.29 is 9.59 Å². The van der Waals surface area contributed by atoms with E-state index in [0.29, 0.717) is 18.7 Å². The highest BCUT2D eigenvalue weighted by atomic mass is 16.2. The van der Waals surface area contributed by atoms with Crippen LogP contribution in [-0.4, -0.2) is 60.4 Å². The number of anilines is 2. The molecule has 0 spiro atoms. The molecule has 1 unspecified atom stereocenters. The molecule has 0 saturated carbocycles. The molecule has 2 aliphatic heterocycles. The third-order valence-corrected chi connectivity index (χ3v) is 5.70. The number of carbonyl (C=O) groups excluding carboxylic acids is 2. The molecule has 2 heterocycles. The predicted octanol–water partition coefficient (Wildman–Crippen LogP) is 2.57. The van der Waals surface area contributed by atoms with E-state index in [0.717, 1.165) is 38.4 Å². The number of nitrogens with zero attached hydrogens (tertiary/aromatic N) is 3. The van der Waals surface area contributed by atoms with Crippen molar-refractivity contribution in [1.29, 1.82) is 0 Å². The first-order valence-corrected chi connectivity index (χ1v) is 10.3. The van der Waals surface area contributed by atoms with Crippen LogP contribution < -0.4 is 10.2 Å². The van der Waals surface area contributed by atoms with E-state index in [1.807, 2.05) is 37.3 Å². The highest BCUT2D eigenvalue weighted by Gasteiger charge is 2.31. The SMILES string of the molecule is CC1CC(=O)Nc2ccccc2N1C(=O)CN1CCN(Cc2ccccc2)CC1. The number of hydrogen-bond donors (Lipinski definition) is 1. The number of nitrogens with one attached hydrogen (secondary N) is 1. The van der Waals surface area contributed by atoms with Gasteiger partial charge in [0.05, 0.1) is 17.9 Å². The number of rotatable bonds is 4. The van der Waals surface area contributed by atoms with Crippen LogP contribution in [0.3, 0.4) is 0 Å². The Kier molecular flexibility index (Phi) is 5.92. The van der Waals surface area contributed by atoms with Crippen molar-refractivity contribution in [3.8, 4) is 0 Å². The number of benzene rings is 2. The average Bonchev–Trinajstić information content (AvgIpc) is 2.84. The van der Waals surface area contributed by atoms with Crippen molar-refractivity contribution in [2.75, 3.05) is 42.9 Å². The molecule has 1 atom stereocenters. The molecule has 1 saturated heterocycles. The van der Waals surface area contributed by atoms with Crippen molar-refractivity contribution in [2.45, 2.75) is 25.9 Å². The lowest BCUT2D eigenvalue weighted by atomic mass is 10.1. The molecule has 29 heavy (non-hydrogen) atoms. The molecule has 152 valence electrons. The summed E-state index contributed by atoms with van der Waals surface area (Å²) in [6.45, 7) is 6.93. The molecule has 0 aromatic heterocycles. The summed E-state index contributed by atoms with van der Waals surface area (Å²) in [6, 6.07) is 17.9. The first-order valence-electron chi connectivity index (χ1n) is 10.3. The first kappa shape index (κ1) is 19.6. The van der Waals surface area contributed by atoms with Gasteiger partial charge in [-0.05, 0) is 24.6 Å². The van der Waals surface area contributed by atoms with Crippen molar-refractivity contribution in [3.05, 3.63) is 60.2 Å². The van der Waals surface area contributed by atoms with Crippen LogP contribution in [-0.2, 0) is 16.1 Å². The van der Waals surface area contributed by atoms with Crippen molar-refractivity contribution >= 4 is 23.2 Å². The monoisotopic (exact) mass is 392 g/mol. The van der Waals surface area contributed by atoms with Gasteiger partial charge in [-0.3, -0.25) is 19.4 Å².